The van der Waals surface area contributed by atoms with Crippen molar-refractivity contribution < 1.29 is 5.11 Å². The number of rotatable bonds is 5. The van der Waals surface area contributed by atoms with Gasteiger partial charge in [0.25, 0.3) is 0 Å². The van der Waals surface area contributed by atoms with Gasteiger partial charge in [0.05, 0.1) is 6.10 Å². The van der Waals surface area contributed by atoms with Gasteiger partial charge in [0.15, 0.2) is 0 Å². The molecule has 0 amide bonds. The molecule has 0 bridgehead atoms. The minimum Gasteiger partial charge on any atom is -0.389 e. The number of aliphatic hydroxyl groups is 1. The number of aliphatic hydroxyl groups excluding tert-OH is 1. The molecule has 1 aliphatic carbocycles. The maximum Gasteiger partial charge on any atom is 0.0761 e. The van der Waals surface area contributed by atoms with E-state index >= 15 is 0 Å². The predicted octanol–water partition coefficient (Wildman–Crippen LogP) is 3.77. The van der Waals surface area contributed by atoms with E-state index in [0.717, 1.165) is 19.3 Å². The van der Waals surface area contributed by atoms with E-state index in [1.165, 1.54) is 11.1 Å². The lowest BCUT2D eigenvalue weighted by Gasteiger charge is -2.51. The maximum absolute atomic E-state index is 10.00. The van der Waals surface area contributed by atoms with Crippen molar-refractivity contribution in [2.24, 2.45) is 5.41 Å². The van der Waals surface area contributed by atoms with Gasteiger partial charge in [0.2, 0.25) is 0 Å². The van der Waals surface area contributed by atoms with Crippen LogP contribution < -0.4 is 0 Å². The zero-order chi connectivity index (χ0) is 14.8. The Balaban J connectivity index is 3.31. The average Bonchev–Trinajstić information content (AvgIpc) is 2.32. The summed E-state index contributed by atoms with van der Waals surface area (Å²) in [6.07, 6.45) is 6.75. The van der Waals surface area contributed by atoms with Crippen molar-refractivity contribution in [3.05, 3.63) is 23.3 Å². The first-order valence-corrected chi connectivity index (χ1v) is 7.40. The summed E-state index contributed by atoms with van der Waals surface area (Å²) in [6, 6.07) is 0. The average molecular weight is 265 g/mol. The largest absolute Gasteiger partial charge is 0.389 e. The molecule has 19 heavy (non-hydrogen) atoms. The summed E-state index contributed by atoms with van der Waals surface area (Å²) >= 11 is 0. The lowest BCUT2D eigenvalue weighted by atomic mass is 9.61. The zero-order valence-corrected chi connectivity index (χ0v) is 13.7. The number of nitrogens with zero attached hydrogens (tertiary/aromatic N) is 1. The molecule has 2 atom stereocenters. The van der Waals surface area contributed by atoms with Crippen molar-refractivity contribution in [3.63, 3.8) is 0 Å². The van der Waals surface area contributed by atoms with E-state index in [2.05, 4.69) is 59.7 Å². The second-order valence-corrected chi connectivity index (χ2v) is 6.83. The number of allylic oxidation sites excluding steroid dienone is 2. The van der Waals surface area contributed by atoms with Gasteiger partial charge >= 0.3 is 0 Å². The van der Waals surface area contributed by atoms with Crippen molar-refractivity contribution in [2.75, 3.05) is 14.1 Å². The van der Waals surface area contributed by atoms with E-state index in [4.69, 9.17) is 0 Å². The first-order valence-electron chi connectivity index (χ1n) is 7.40. The normalized spacial score (nSPS) is 23.9. The van der Waals surface area contributed by atoms with Gasteiger partial charge in [-0.25, -0.2) is 0 Å². The van der Waals surface area contributed by atoms with Crippen molar-refractivity contribution in [2.45, 2.75) is 65.5 Å². The Morgan fingerprint density at radius 1 is 1.32 bits per heavy atom. The highest BCUT2D eigenvalue weighted by atomic mass is 16.3. The molecule has 1 aliphatic rings. The minimum absolute atomic E-state index is 0.0600. The highest BCUT2D eigenvalue weighted by Gasteiger charge is 2.45. The van der Waals surface area contributed by atoms with Crippen LogP contribution in [0, 0.1) is 5.41 Å². The molecule has 2 nitrogen and oxygen atoms in total. The minimum atomic E-state index is -0.326. The third-order valence-corrected chi connectivity index (χ3v) is 5.34. The van der Waals surface area contributed by atoms with Crippen LogP contribution in [0.5, 0.6) is 0 Å². The van der Waals surface area contributed by atoms with Gasteiger partial charge < -0.3 is 10.0 Å². The quantitative estimate of drug-likeness (QED) is 0.818. The van der Waals surface area contributed by atoms with Crippen LogP contribution in [0.15, 0.2) is 23.3 Å². The molecule has 0 saturated heterocycles. The second kappa shape index (κ2) is 5.80. The zero-order valence-electron chi connectivity index (χ0n) is 13.7. The summed E-state index contributed by atoms with van der Waals surface area (Å²) in [5, 5.41) is 10.00. The summed E-state index contributed by atoms with van der Waals surface area (Å²) in [5.41, 5.74) is 2.89. The van der Waals surface area contributed by atoms with E-state index in [0.29, 0.717) is 0 Å². The van der Waals surface area contributed by atoms with E-state index in [1.807, 2.05) is 6.08 Å². The van der Waals surface area contributed by atoms with Gasteiger partial charge in [-0.05, 0) is 47.7 Å². The van der Waals surface area contributed by atoms with E-state index in [9.17, 15) is 5.11 Å². The molecule has 1 N–H and O–H groups in total. The predicted molar refractivity (Wildman–Crippen MR) is 83.2 cm³/mol. The lowest BCUT2D eigenvalue weighted by Crippen LogP contribution is -2.53. The fraction of sp³-hybridized carbons (Fsp3) is 0.765. The van der Waals surface area contributed by atoms with E-state index in [1.54, 1.807) is 0 Å². The molecule has 0 heterocycles. The molecule has 0 aromatic carbocycles. The SMILES string of the molecule is CCC[C@@](C)(C1=C(C)C=CC(O)C1)C(C)(C)N(C)C. The third kappa shape index (κ3) is 2.95. The van der Waals surface area contributed by atoms with Crippen LogP contribution >= 0.6 is 0 Å². The Kier molecular flexibility index (Phi) is 5.02. The topological polar surface area (TPSA) is 23.5 Å². The Morgan fingerprint density at radius 2 is 1.89 bits per heavy atom. The lowest BCUT2D eigenvalue weighted by molar-refractivity contribution is 0.0487. The van der Waals surface area contributed by atoms with Crippen LogP contribution in [-0.4, -0.2) is 35.7 Å². The van der Waals surface area contributed by atoms with Crippen LogP contribution in [0.1, 0.15) is 53.9 Å². The standard InChI is InChI=1S/C17H31NO/c1-8-11-17(5,16(3,4)18(6)7)15-12-14(19)10-9-13(15)2/h9-10,14,19H,8,11-12H2,1-7H3/t14?,17-/m0/s1. The second-order valence-electron chi connectivity index (χ2n) is 6.83. The van der Waals surface area contributed by atoms with Gasteiger partial charge in [0.1, 0.15) is 0 Å². The van der Waals surface area contributed by atoms with Crippen LogP contribution in [0.25, 0.3) is 0 Å². The van der Waals surface area contributed by atoms with Gasteiger partial charge in [-0.15, -0.1) is 0 Å². The van der Waals surface area contributed by atoms with E-state index < -0.39 is 0 Å². The van der Waals surface area contributed by atoms with Crippen molar-refractivity contribution >= 4 is 0 Å². The maximum atomic E-state index is 10.00. The Morgan fingerprint density at radius 3 is 2.37 bits per heavy atom. The van der Waals surface area contributed by atoms with Crippen molar-refractivity contribution in [3.8, 4) is 0 Å². The summed E-state index contributed by atoms with van der Waals surface area (Å²) in [7, 11) is 4.30. The molecule has 0 aliphatic heterocycles. The van der Waals surface area contributed by atoms with Crippen LogP contribution in [0.3, 0.4) is 0 Å². The summed E-state index contributed by atoms with van der Waals surface area (Å²) in [5.74, 6) is 0. The summed E-state index contributed by atoms with van der Waals surface area (Å²) in [6.45, 7) is 11.4. The first-order chi connectivity index (χ1) is 8.66. The third-order valence-electron chi connectivity index (χ3n) is 5.34. The fourth-order valence-electron chi connectivity index (χ4n) is 3.27. The molecular formula is C17H31NO. The van der Waals surface area contributed by atoms with Gasteiger partial charge in [-0.2, -0.15) is 0 Å². The highest BCUT2D eigenvalue weighted by molar-refractivity contribution is 5.36. The fourth-order valence-corrected chi connectivity index (χ4v) is 3.27. The van der Waals surface area contributed by atoms with E-state index in [-0.39, 0.29) is 17.1 Å². The van der Waals surface area contributed by atoms with Crippen LogP contribution in [0.2, 0.25) is 0 Å². The van der Waals surface area contributed by atoms with Gasteiger partial charge in [-0.3, -0.25) is 0 Å². The molecule has 110 valence electrons. The van der Waals surface area contributed by atoms with Gasteiger partial charge in [0, 0.05) is 11.0 Å². The Bertz CT molecular complexity index is 379. The first kappa shape index (κ1) is 16.5. The Hall–Kier alpha value is -0.600. The molecule has 0 radical (unpaired) electrons. The number of hydrogen-bond donors (Lipinski definition) is 1. The molecule has 0 saturated carbocycles. The Labute approximate surface area is 119 Å². The summed E-state index contributed by atoms with van der Waals surface area (Å²) < 4.78 is 0. The number of hydrogen-bond acceptors (Lipinski definition) is 2. The van der Waals surface area contributed by atoms with Crippen molar-refractivity contribution in [1.82, 2.24) is 4.90 Å². The van der Waals surface area contributed by atoms with Gasteiger partial charge in [-0.1, -0.05) is 43.6 Å². The molecular weight excluding hydrogens is 234 g/mol. The molecule has 2 heteroatoms. The monoisotopic (exact) mass is 265 g/mol. The molecule has 0 aromatic rings. The molecule has 1 unspecified atom stereocenters. The van der Waals surface area contributed by atoms with Crippen LogP contribution in [0.4, 0.5) is 0 Å². The highest BCUT2D eigenvalue weighted by Crippen LogP contribution is 2.48. The molecule has 0 aromatic heterocycles. The molecule has 0 spiro atoms. The molecule has 1 rings (SSSR count). The summed E-state index contributed by atoms with van der Waals surface area (Å²) in [4.78, 5) is 2.31. The van der Waals surface area contributed by atoms with Crippen LogP contribution in [-0.2, 0) is 0 Å². The molecule has 0 fully saturated rings. The smallest absolute Gasteiger partial charge is 0.0761 e. The van der Waals surface area contributed by atoms with Crippen molar-refractivity contribution in [1.29, 1.82) is 0 Å².